The molecule has 0 N–H and O–H groups in total. The highest BCUT2D eigenvalue weighted by Crippen LogP contribution is 2.26. The molecule has 2 aliphatic heterocycles. The van der Waals surface area contributed by atoms with Gasteiger partial charge in [0.15, 0.2) is 0 Å². The second-order valence-corrected chi connectivity index (χ2v) is 7.39. The monoisotopic (exact) mass is 360 g/mol. The smallest absolute Gasteiger partial charge is 0.245 e. The Morgan fingerprint density at radius 2 is 1.88 bits per heavy atom. The molecular weight excluding hydrogens is 332 g/mol. The number of hydrogen-bond acceptors (Lipinski definition) is 4. The molecule has 0 unspecified atom stereocenters. The average molecular weight is 360 g/mol. The third kappa shape index (κ3) is 4.55. The number of carbonyl (C=O) groups excluding carboxylic acids is 2. The summed E-state index contributed by atoms with van der Waals surface area (Å²) >= 11 is 0. The molecule has 6 nitrogen and oxygen atoms in total. The second kappa shape index (κ2) is 8.54. The first-order valence-electron chi connectivity index (χ1n) is 9.42. The molecule has 2 aliphatic rings. The van der Waals surface area contributed by atoms with Gasteiger partial charge in [0.1, 0.15) is 17.9 Å². The van der Waals surface area contributed by atoms with Crippen LogP contribution in [0.25, 0.3) is 0 Å². The fourth-order valence-electron chi connectivity index (χ4n) is 3.55. The standard InChI is InChI=1S/C20H28N2O4/c1-15(2)12-19(23)22-14-17(26-16-6-4-3-5-7-16)13-18(22)20(24)21-8-10-25-11-9-21/h3-7,15,17-18H,8-14H2,1-2H3/t17-,18+/m0/s1. The van der Waals surface area contributed by atoms with Crippen molar-refractivity contribution in [2.75, 3.05) is 32.8 Å². The molecule has 2 heterocycles. The number of hydrogen-bond donors (Lipinski definition) is 0. The largest absolute Gasteiger partial charge is 0.488 e. The van der Waals surface area contributed by atoms with Gasteiger partial charge in [-0.15, -0.1) is 0 Å². The lowest BCUT2D eigenvalue weighted by molar-refractivity contribution is -0.146. The SMILES string of the molecule is CC(C)CC(=O)N1C[C@@H](Oc2ccccc2)C[C@@H]1C(=O)N1CCOCC1. The minimum Gasteiger partial charge on any atom is -0.488 e. The van der Waals surface area contributed by atoms with Crippen molar-refractivity contribution in [3.8, 4) is 5.75 Å². The summed E-state index contributed by atoms with van der Waals surface area (Å²) in [7, 11) is 0. The Morgan fingerprint density at radius 1 is 1.19 bits per heavy atom. The number of amides is 2. The summed E-state index contributed by atoms with van der Waals surface area (Å²) in [5.74, 6) is 1.08. The van der Waals surface area contributed by atoms with Crippen LogP contribution in [0.1, 0.15) is 26.7 Å². The summed E-state index contributed by atoms with van der Waals surface area (Å²) in [6.07, 6.45) is 0.823. The van der Waals surface area contributed by atoms with Crippen LogP contribution in [0, 0.1) is 5.92 Å². The van der Waals surface area contributed by atoms with Gasteiger partial charge in [0.2, 0.25) is 11.8 Å². The summed E-state index contributed by atoms with van der Waals surface area (Å²) in [6, 6.07) is 9.14. The number of carbonyl (C=O) groups is 2. The molecular formula is C20H28N2O4. The van der Waals surface area contributed by atoms with Crippen LogP contribution in [0.2, 0.25) is 0 Å². The second-order valence-electron chi connectivity index (χ2n) is 7.39. The van der Waals surface area contributed by atoms with Crippen LogP contribution in [0.5, 0.6) is 5.75 Å². The number of nitrogens with zero attached hydrogens (tertiary/aromatic N) is 2. The maximum absolute atomic E-state index is 13.0. The van der Waals surface area contributed by atoms with Crippen molar-refractivity contribution in [3.63, 3.8) is 0 Å². The van der Waals surface area contributed by atoms with Crippen molar-refractivity contribution in [2.45, 2.75) is 38.8 Å². The van der Waals surface area contributed by atoms with Crippen molar-refractivity contribution >= 4 is 11.8 Å². The molecule has 0 aromatic heterocycles. The van der Waals surface area contributed by atoms with Gasteiger partial charge >= 0.3 is 0 Å². The Bertz CT molecular complexity index is 613. The van der Waals surface area contributed by atoms with E-state index in [1.165, 1.54) is 0 Å². The van der Waals surface area contributed by atoms with Crippen LogP contribution in [0.15, 0.2) is 30.3 Å². The number of benzene rings is 1. The molecule has 3 rings (SSSR count). The van der Waals surface area contributed by atoms with Gasteiger partial charge < -0.3 is 19.3 Å². The van der Waals surface area contributed by atoms with Gasteiger partial charge in [-0.25, -0.2) is 0 Å². The quantitative estimate of drug-likeness (QED) is 0.805. The third-order valence-corrected chi connectivity index (χ3v) is 4.82. The summed E-state index contributed by atoms with van der Waals surface area (Å²) in [5, 5.41) is 0. The van der Waals surface area contributed by atoms with E-state index in [9.17, 15) is 9.59 Å². The Labute approximate surface area is 155 Å². The van der Waals surface area contributed by atoms with E-state index in [0.717, 1.165) is 5.75 Å². The number of rotatable bonds is 5. The van der Waals surface area contributed by atoms with E-state index in [2.05, 4.69) is 0 Å². The molecule has 6 heteroatoms. The van der Waals surface area contributed by atoms with Gasteiger partial charge in [0, 0.05) is 25.9 Å². The fraction of sp³-hybridized carbons (Fsp3) is 0.600. The van der Waals surface area contributed by atoms with Gasteiger partial charge in [-0.1, -0.05) is 32.0 Å². The molecule has 1 aromatic carbocycles. The molecule has 0 spiro atoms. The summed E-state index contributed by atoms with van der Waals surface area (Å²) in [6.45, 7) is 6.79. The van der Waals surface area contributed by atoms with Crippen LogP contribution in [-0.2, 0) is 14.3 Å². The van der Waals surface area contributed by atoms with Crippen LogP contribution < -0.4 is 4.74 Å². The maximum atomic E-state index is 13.0. The van der Waals surface area contributed by atoms with E-state index in [4.69, 9.17) is 9.47 Å². The van der Waals surface area contributed by atoms with Crippen molar-refractivity contribution in [1.82, 2.24) is 9.80 Å². The molecule has 1 aromatic rings. The molecule has 142 valence electrons. The van der Waals surface area contributed by atoms with Gasteiger partial charge in [-0.05, 0) is 18.1 Å². The van der Waals surface area contributed by atoms with E-state index in [-0.39, 0.29) is 23.8 Å². The summed E-state index contributed by atoms with van der Waals surface area (Å²) in [4.78, 5) is 29.3. The van der Waals surface area contributed by atoms with Gasteiger partial charge in [-0.3, -0.25) is 9.59 Å². The van der Waals surface area contributed by atoms with E-state index in [1.807, 2.05) is 49.1 Å². The van der Waals surface area contributed by atoms with E-state index >= 15 is 0 Å². The number of likely N-dealkylation sites (tertiary alicyclic amines) is 1. The van der Waals surface area contributed by atoms with Crippen molar-refractivity contribution in [1.29, 1.82) is 0 Å². The zero-order valence-electron chi connectivity index (χ0n) is 15.6. The zero-order valence-corrected chi connectivity index (χ0v) is 15.6. The molecule has 0 bridgehead atoms. The lowest BCUT2D eigenvalue weighted by Gasteiger charge is -2.32. The highest BCUT2D eigenvalue weighted by atomic mass is 16.5. The minimum atomic E-state index is -0.437. The van der Waals surface area contributed by atoms with Crippen LogP contribution in [0.3, 0.4) is 0 Å². The molecule has 2 atom stereocenters. The van der Waals surface area contributed by atoms with Crippen molar-refractivity contribution < 1.29 is 19.1 Å². The predicted molar refractivity (Wildman–Crippen MR) is 97.8 cm³/mol. The molecule has 2 saturated heterocycles. The Kier molecular flexibility index (Phi) is 6.14. The summed E-state index contributed by atoms with van der Waals surface area (Å²) in [5.41, 5.74) is 0. The molecule has 0 saturated carbocycles. The first-order chi connectivity index (χ1) is 12.5. The number of ether oxygens (including phenoxy) is 2. The van der Waals surface area contributed by atoms with Gasteiger partial charge in [-0.2, -0.15) is 0 Å². The first kappa shape index (κ1) is 18.7. The lowest BCUT2D eigenvalue weighted by atomic mass is 10.1. The molecule has 0 aliphatic carbocycles. The normalized spacial score (nSPS) is 23.3. The molecule has 26 heavy (non-hydrogen) atoms. The molecule has 0 radical (unpaired) electrons. The van der Waals surface area contributed by atoms with Crippen LogP contribution in [0.4, 0.5) is 0 Å². The number of para-hydroxylation sites is 1. The van der Waals surface area contributed by atoms with Crippen LogP contribution in [-0.4, -0.2) is 66.6 Å². The highest BCUT2D eigenvalue weighted by Gasteiger charge is 2.42. The number of morpholine rings is 1. The van der Waals surface area contributed by atoms with Crippen molar-refractivity contribution in [2.24, 2.45) is 5.92 Å². The highest BCUT2D eigenvalue weighted by molar-refractivity contribution is 5.88. The van der Waals surface area contributed by atoms with E-state index in [0.29, 0.717) is 45.7 Å². The Morgan fingerprint density at radius 3 is 2.54 bits per heavy atom. The third-order valence-electron chi connectivity index (χ3n) is 4.82. The van der Waals surface area contributed by atoms with E-state index < -0.39 is 6.04 Å². The average Bonchev–Trinajstić information content (AvgIpc) is 3.06. The molecule has 2 amide bonds. The molecule has 2 fully saturated rings. The fourth-order valence-corrected chi connectivity index (χ4v) is 3.55. The maximum Gasteiger partial charge on any atom is 0.245 e. The Hall–Kier alpha value is -2.08. The topological polar surface area (TPSA) is 59.1 Å². The predicted octanol–water partition coefficient (Wildman–Crippen LogP) is 1.94. The zero-order chi connectivity index (χ0) is 18.5. The van der Waals surface area contributed by atoms with E-state index in [1.54, 1.807) is 4.90 Å². The first-order valence-corrected chi connectivity index (χ1v) is 9.42. The minimum absolute atomic E-state index is 0.0181. The lowest BCUT2D eigenvalue weighted by Crippen LogP contribution is -2.51. The van der Waals surface area contributed by atoms with Gasteiger partial charge in [0.25, 0.3) is 0 Å². The summed E-state index contributed by atoms with van der Waals surface area (Å²) < 4.78 is 11.4. The van der Waals surface area contributed by atoms with Crippen LogP contribution >= 0.6 is 0 Å². The Balaban J connectivity index is 1.72. The van der Waals surface area contributed by atoms with Gasteiger partial charge in [0.05, 0.1) is 19.8 Å². The van der Waals surface area contributed by atoms with Crippen molar-refractivity contribution in [3.05, 3.63) is 30.3 Å².